The van der Waals surface area contributed by atoms with Crippen LogP contribution in [0.4, 0.5) is 0 Å². The molecule has 0 bridgehead atoms. The van der Waals surface area contributed by atoms with Gasteiger partial charge in [0.2, 0.25) is 11.8 Å². The van der Waals surface area contributed by atoms with Gasteiger partial charge in [0.25, 0.3) is 0 Å². The molecule has 18 heavy (non-hydrogen) atoms. The summed E-state index contributed by atoms with van der Waals surface area (Å²) in [5, 5.41) is 5.39. The van der Waals surface area contributed by atoms with Crippen molar-refractivity contribution in [3.05, 3.63) is 0 Å². The van der Waals surface area contributed by atoms with Crippen LogP contribution in [-0.4, -0.2) is 44.7 Å². The maximum Gasteiger partial charge on any atom is 0.221 e. The Kier molecular flexibility index (Phi) is 6.67. The molecule has 2 amide bonds. The van der Waals surface area contributed by atoms with E-state index in [9.17, 15) is 9.59 Å². The molecule has 0 heterocycles. The average Bonchev–Trinajstić information content (AvgIpc) is 3.13. The molecule has 0 aromatic rings. The number of rotatable bonds is 9. The summed E-state index contributed by atoms with van der Waals surface area (Å²) in [6, 6.07) is -0.0273. The summed E-state index contributed by atoms with van der Waals surface area (Å²) in [6.45, 7) is 1.35. The molecule has 6 heteroatoms. The van der Waals surface area contributed by atoms with E-state index in [1.807, 2.05) is 0 Å². The van der Waals surface area contributed by atoms with Crippen LogP contribution >= 0.6 is 0 Å². The number of ether oxygens (including phenoxy) is 1. The topological polar surface area (TPSA) is 93.5 Å². The van der Waals surface area contributed by atoms with Crippen LogP contribution in [0.2, 0.25) is 0 Å². The van der Waals surface area contributed by atoms with E-state index in [-0.39, 0.29) is 24.3 Å². The first-order valence-electron chi connectivity index (χ1n) is 6.41. The summed E-state index contributed by atoms with van der Waals surface area (Å²) in [5.41, 5.74) is 5.84. The minimum absolute atomic E-state index is 0.0273. The number of amides is 2. The molecular weight excluding hydrogens is 234 g/mol. The van der Waals surface area contributed by atoms with Crippen molar-refractivity contribution < 1.29 is 14.3 Å². The van der Waals surface area contributed by atoms with Crippen molar-refractivity contribution in [3.63, 3.8) is 0 Å². The van der Waals surface area contributed by atoms with Crippen molar-refractivity contribution in [1.29, 1.82) is 0 Å². The molecule has 1 unspecified atom stereocenters. The van der Waals surface area contributed by atoms with E-state index in [0.717, 1.165) is 12.8 Å². The summed E-state index contributed by atoms with van der Waals surface area (Å²) in [5.74, 6) is 0.367. The van der Waals surface area contributed by atoms with Crippen molar-refractivity contribution >= 4 is 11.8 Å². The quantitative estimate of drug-likeness (QED) is 0.480. The molecular formula is C12H23N3O3. The van der Waals surface area contributed by atoms with E-state index >= 15 is 0 Å². The Labute approximate surface area is 108 Å². The maximum atomic E-state index is 11.5. The summed E-state index contributed by atoms with van der Waals surface area (Å²) in [4.78, 5) is 22.8. The first kappa shape index (κ1) is 14.9. The van der Waals surface area contributed by atoms with Gasteiger partial charge in [0.15, 0.2) is 0 Å². The molecule has 1 aliphatic carbocycles. The van der Waals surface area contributed by atoms with E-state index in [1.165, 1.54) is 0 Å². The molecule has 104 valence electrons. The van der Waals surface area contributed by atoms with Gasteiger partial charge in [-0.05, 0) is 18.8 Å². The third-order valence-electron chi connectivity index (χ3n) is 2.95. The summed E-state index contributed by atoms with van der Waals surface area (Å²) < 4.78 is 4.81. The van der Waals surface area contributed by atoms with Crippen LogP contribution in [0, 0.1) is 5.92 Å². The molecule has 4 N–H and O–H groups in total. The van der Waals surface area contributed by atoms with Crippen LogP contribution in [0.15, 0.2) is 0 Å². The molecule has 0 aliphatic heterocycles. The second-order valence-electron chi connectivity index (χ2n) is 4.65. The van der Waals surface area contributed by atoms with Crippen molar-refractivity contribution in [3.8, 4) is 0 Å². The van der Waals surface area contributed by atoms with E-state index in [2.05, 4.69) is 10.6 Å². The normalized spacial score (nSPS) is 16.1. The van der Waals surface area contributed by atoms with Gasteiger partial charge in [0, 0.05) is 39.1 Å². The van der Waals surface area contributed by atoms with Crippen LogP contribution in [0.1, 0.15) is 25.7 Å². The highest BCUT2D eigenvalue weighted by Gasteiger charge is 2.29. The zero-order valence-electron chi connectivity index (χ0n) is 10.9. The van der Waals surface area contributed by atoms with E-state index in [0.29, 0.717) is 32.0 Å². The molecule has 1 rings (SSSR count). The van der Waals surface area contributed by atoms with Crippen LogP contribution in [0.5, 0.6) is 0 Å². The van der Waals surface area contributed by atoms with Gasteiger partial charge in [-0.2, -0.15) is 0 Å². The number of hydrogen-bond donors (Lipinski definition) is 3. The molecule has 0 radical (unpaired) electrons. The predicted molar refractivity (Wildman–Crippen MR) is 67.8 cm³/mol. The van der Waals surface area contributed by atoms with Crippen molar-refractivity contribution in [2.24, 2.45) is 11.7 Å². The van der Waals surface area contributed by atoms with E-state index in [1.54, 1.807) is 7.11 Å². The standard InChI is InChI=1S/C12H23N3O3/c1-18-7-6-15-11(16)4-5-14-12(17)8-10(13)9-2-3-9/h9-10H,2-8,13H2,1H3,(H,14,17)(H,15,16). The van der Waals surface area contributed by atoms with Crippen LogP contribution in [0.3, 0.4) is 0 Å². The first-order chi connectivity index (χ1) is 8.63. The number of methoxy groups -OCH3 is 1. The van der Waals surface area contributed by atoms with Gasteiger partial charge in [0.05, 0.1) is 6.61 Å². The third-order valence-corrected chi connectivity index (χ3v) is 2.95. The Hall–Kier alpha value is -1.14. The van der Waals surface area contributed by atoms with Crippen LogP contribution in [-0.2, 0) is 14.3 Å². The fraction of sp³-hybridized carbons (Fsp3) is 0.833. The van der Waals surface area contributed by atoms with Gasteiger partial charge in [-0.1, -0.05) is 0 Å². The van der Waals surface area contributed by atoms with E-state index < -0.39 is 0 Å². The number of carbonyl (C=O) groups excluding carboxylic acids is 2. The van der Waals surface area contributed by atoms with Crippen molar-refractivity contribution in [2.45, 2.75) is 31.7 Å². The third kappa shape index (κ3) is 6.56. The van der Waals surface area contributed by atoms with Gasteiger partial charge >= 0.3 is 0 Å². The summed E-state index contributed by atoms with van der Waals surface area (Å²) >= 11 is 0. The SMILES string of the molecule is COCCNC(=O)CCNC(=O)CC(N)C1CC1. The van der Waals surface area contributed by atoms with Gasteiger partial charge in [-0.25, -0.2) is 0 Å². The van der Waals surface area contributed by atoms with Crippen LogP contribution in [0.25, 0.3) is 0 Å². The molecule has 6 nitrogen and oxygen atoms in total. The highest BCUT2D eigenvalue weighted by molar-refractivity contribution is 5.79. The number of nitrogens with one attached hydrogen (secondary N) is 2. The molecule has 0 saturated heterocycles. The summed E-state index contributed by atoms with van der Waals surface area (Å²) in [6.07, 6.45) is 2.91. The highest BCUT2D eigenvalue weighted by atomic mass is 16.5. The van der Waals surface area contributed by atoms with Gasteiger partial charge in [0.1, 0.15) is 0 Å². The lowest BCUT2D eigenvalue weighted by Crippen LogP contribution is -2.35. The van der Waals surface area contributed by atoms with E-state index in [4.69, 9.17) is 10.5 Å². The lowest BCUT2D eigenvalue weighted by Gasteiger charge is -2.10. The predicted octanol–water partition coefficient (Wildman–Crippen LogP) is -0.617. The smallest absolute Gasteiger partial charge is 0.221 e. The fourth-order valence-corrected chi connectivity index (χ4v) is 1.67. The molecule has 1 atom stereocenters. The number of hydrogen-bond acceptors (Lipinski definition) is 4. The molecule has 1 fully saturated rings. The molecule has 0 spiro atoms. The maximum absolute atomic E-state index is 11.5. The number of nitrogens with two attached hydrogens (primary N) is 1. The second-order valence-corrected chi connectivity index (χ2v) is 4.65. The monoisotopic (exact) mass is 257 g/mol. The Bertz CT molecular complexity index is 280. The second kappa shape index (κ2) is 8.05. The molecule has 0 aromatic carbocycles. The fourth-order valence-electron chi connectivity index (χ4n) is 1.67. The van der Waals surface area contributed by atoms with Crippen molar-refractivity contribution in [1.82, 2.24) is 10.6 Å². The Balaban J connectivity index is 1.98. The molecule has 1 saturated carbocycles. The Morgan fingerprint density at radius 3 is 2.56 bits per heavy atom. The van der Waals surface area contributed by atoms with Gasteiger partial charge in [-0.3, -0.25) is 9.59 Å². The van der Waals surface area contributed by atoms with Gasteiger partial charge in [-0.15, -0.1) is 0 Å². The number of carbonyl (C=O) groups is 2. The van der Waals surface area contributed by atoms with Gasteiger partial charge < -0.3 is 21.1 Å². The highest BCUT2D eigenvalue weighted by Crippen LogP contribution is 2.32. The Morgan fingerprint density at radius 2 is 1.94 bits per heavy atom. The zero-order valence-corrected chi connectivity index (χ0v) is 10.9. The molecule has 0 aromatic heterocycles. The molecule has 1 aliphatic rings. The lowest BCUT2D eigenvalue weighted by molar-refractivity contribution is -0.122. The zero-order chi connectivity index (χ0) is 13.4. The summed E-state index contributed by atoms with van der Waals surface area (Å²) in [7, 11) is 1.58. The largest absolute Gasteiger partial charge is 0.383 e. The van der Waals surface area contributed by atoms with Crippen LogP contribution < -0.4 is 16.4 Å². The minimum Gasteiger partial charge on any atom is -0.383 e. The average molecular weight is 257 g/mol. The lowest BCUT2D eigenvalue weighted by atomic mass is 10.1. The minimum atomic E-state index is -0.0844. The first-order valence-corrected chi connectivity index (χ1v) is 6.41. The Morgan fingerprint density at radius 1 is 1.28 bits per heavy atom. The van der Waals surface area contributed by atoms with Crippen molar-refractivity contribution in [2.75, 3.05) is 26.8 Å².